The Morgan fingerprint density at radius 3 is 2.31 bits per heavy atom. The third-order valence-corrected chi connectivity index (χ3v) is 11.7. The highest BCUT2D eigenvalue weighted by Gasteiger charge is 2.59. The van der Waals surface area contributed by atoms with E-state index >= 15 is 0 Å². The Bertz CT molecular complexity index is 2420. The van der Waals surface area contributed by atoms with Crippen molar-refractivity contribution in [3.05, 3.63) is 107 Å². The van der Waals surface area contributed by atoms with E-state index in [9.17, 15) is 33.6 Å². The Morgan fingerprint density at radius 1 is 0.828 bits per heavy atom. The summed E-state index contributed by atoms with van der Waals surface area (Å²) in [7, 11) is 0. The van der Waals surface area contributed by atoms with Crippen LogP contribution in [0.15, 0.2) is 85.1 Å². The van der Waals surface area contributed by atoms with Gasteiger partial charge in [-0.25, -0.2) is 0 Å². The van der Waals surface area contributed by atoms with E-state index in [1.165, 1.54) is 4.90 Å². The van der Waals surface area contributed by atoms with Crippen molar-refractivity contribution in [1.82, 2.24) is 20.5 Å². The van der Waals surface area contributed by atoms with E-state index in [-0.39, 0.29) is 65.4 Å². The number of benzene rings is 3. The maximum absolute atomic E-state index is 13.3. The van der Waals surface area contributed by atoms with Crippen molar-refractivity contribution < 1.29 is 38.3 Å². The van der Waals surface area contributed by atoms with Crippen LogP contribution in [0.25, 0.3) is 10.9 Å². The molecule has 2 bridgehead atoms. The van der Waals surface area contributed by atoms with Gasteiger partial charge in [0.1, 0.15) is 6.04 Å². The molecule has 5 atom stereocenters. The van der Waals surface area contributed by atoms with Crippen LogP contribution >= 0.6 is 0 Å². The summed E-state index contributed by atoms with van der Waals surface area (Å²) in [5.74, 6) is -3.22. The molecular weight excluding hydrogens is 743 g/mol. The van der Waals surface area contributed by atoms with E-state index in [0.717, 1.165) is 22.3 Å². The van der Waals surface area contributed by atoms with Gasteiger partial charge in [0.15, 0.2) is 0 Å². The smallest absolute Gasteiger partial charge is 0.264 e. The molecule has 0 spiro atoms. The van der Waals surface area contributed by atoms with Crippen molar-refractivity contribution in [3.8, 4) is 0 Å². The summed E-state index contributed by atoms with van der Waals surface area (Å²) < 4.78 is 5.80. The number of allylic oxidation sites excluding steroid dienone is 2. The summed E-state index contributed by atoms with van der Waals surface area (Å²) in [5, 5.41) is 12.6. The Balaban J connectivity index is 0.749. The molecule has 58 heavy (non-hydrogen) atoms. The topological polar surface area (TPSA) is 196 Å². The SMILES string of the molecule is O=C1CCC(N2C(=O)c3cccc(NCCOCCNCc4ccnc5c(NC(=O)c6ccc(N7C(=O)[C@@H]8[C@H](C7=O)[C@@H]7C=C[C@H]8C7)cc6)cccc45)c3C2=O)C(=O)N1. The van der Waals surface area contributed by atoms with Gasteiger partial charge in [0.2, 0.25) is 23.6 Å². The zero-order valence-corrected chi connectivity index (χ0v) is 31.2. The average Bonchev–Trinajstić information content (AvgIpc) is 3.97. The van der Waals surface area contributed by atoms with E-state index in [1.807, 2.05) is 18.2 Å². The first-order valence-corrected chi connectivity index (χ1v) is 19.4. The van der Waals surface area contributed by atoms with Gasteiger partial charge in [-0.05, 0) is 78.8 Å². The molecule has 9 rings (SSSR count). The third kappa shape index (κ3) is 6.41. The predicted octanol–water partition coefficient (Wildman–Crippen LogP) is 3.42. The number of nitrogens with zero attached hydrogens (tertiary/aromatic N) is 3. The molecule has 7 amide bonds. The second-order valence-electron chi connectivity index (χ2n) is 15.1. The fraction of sp³-hybridized carbons (Fsp3) is 0.302. The number of piperidine rings is 1. The summed E-state index contributed by atoms with van der Waals surface area (Å²) in [6.07, 6.45) is 6.82. The third-order valence-electron chi connectivity index (χ3n) is 11.7. The van der Waals surface area contributed by atoms with E-state index in [4.69, 9.17) is 4.74 Å². The number of carbonyl (C=O) groups is 7. The molecule has 15 heteroatoms. The number of aromatic nitrogens is 1. The average molecular weight is 782 g/mol. The molecule has 3 fully saturated rings. The van der Waals surface area contributed by atoms with Crippen LogP contribution in [0.4, 0.5) is 17.1 Å². The molecule has 15 nitrogen and oxygen atoms in total. The van der Waals surface area contributed by atoms with Gasteiger partial charge in [0.05, 0.1) is 53.1 Å². The second kappa shape index (κ2) is 15.1. The fourth-order valence-electron chi connectivity index (χ4n) is 8.99. The molecule has 1 unspecified atom stereocenters. The van der Waals surface area contributed by atoms with Gasteiger partial charge < -0.3 is 20.7 Å². The molecular formula is C43H39N7O8. The number of rotatable bonds is 13. The normalized spacial score (nSPS) is 23.2. The standard InChI is InChI=1S/C43H39N7O8/c51-33-14-13-32(39(53)48-33)50-40(54)29-4-2-5-30(36(29)43(50)57)45-18-20-58-19-17-44-22-26-15-16-46-37-28(26)3-1-6-31(37)47-38(52)23-9-11-27(12-10-23)49-41(55)34-24-7-8-25(21-24)35(34)42(49)56/h1-12,15-16,24-25,32,34-35,44-45H,13-14,17-22H2,(H,47,52)(H,48,51,53)/t24-,25+,32?,34-,35+. The number of anilines is 3. The van der Waals surface area contributed by atoms with Gasteiger partial charge in [-0.3, -0.25) is 53.7 Å². The highest BCUT2D eigenvalue weighted by atomic mass is 16.5. The first kappa shape index (κ1) is 37.0. The number of para-hydroxylation sites is 1. The minimum atomic E-state index is -1.03. The summed E-state index contributed by atoms with van der Waals surface area (Å²) in [6, 6.07) is 17.9. The molecule has 0 radical (unpaired) electrons. The van der Waals surface area contributed by atoms with E-state index < -0.39 is 29.7 Å². The molecule has 4 heterocycles. The van der Waals surface area contributed by atoms with Gasteiger partial charge in [0.25, 0.3) is 17.7 Å². The quantitative estimate of drug-likeness (QED) is 0.0882. The van der Waals surface area contributed by atoms with Crippen molar-refractivity contribution >= 4 is 69.3 Å². The van der Waals surface area contributed by atoms with E-state index in [2.05, 4.69) is 38.4 Å². The van der Waals surface area contributed by atoms with Crippen LogP contribution in [0.2, 0.25) is 0 Å². The molecule has 4 N–H and O–H groups in total. The molecule has 1 aromatic heterocycles. The predicted molar refractivity (Wildman–Crippen MR) is 210 cm³/mol. The number of carbonyl (C=O) groups excluding carboxylic acids is 7. The number of imide groups is 3. The number of ether oxygens (including phenoxy) is 1. The van der Waals surface area contributed by atoms with Crippen LogP contribution in [0, 0.1) is 23.7 Å². The maximum atomic E-state index is 13.3. The van der Waals surface area contributed by atoms with Crippen LogP contribution in [-0.4, -0.2) is 83.6 Å². The molecule has 3 aromatic carbocycles. The highest BCUT2D eigenvalue weighted by Crippen LogP contribution is 2.53. The Labute approximate surface area is 332 Å². The number of pyridine rings is 1. The first-order chi connectivity index (χ1) is 28.2. The molecule has 1 saturated carbocycles. The monoisotopic (exact) mass is 781 g/mol. The van der Waals surface area contributed by atoms with Crippen LogP contribution in [0.5, 0.6) is 0 Å². The zero-order chi connectivity index (χ0) is 40.1. The van der Waals surface area contributed by atoms with E-state index in [0.29, 0.717) is 61.0 Å². The molecule has 5 aliphatic rings. The molecule has 4 aromatic rings. The van der Waals surface area contributed by atoms with Gasteiger partial charge in [-0.1, -0.05) is 30.4 Å². The summed E-state index contributed by atoms with van der Waals surface area (Å²) >= 11 is 0. The highest BCUT2D eigenvalue weighted by molar-refractivity contribution is 6.26. The zero-order valence-electron chi connectivity index (χ0n) is 31.2. The molecule has 2 saturated heterocycles. The van der Waals surface area contributed by atoms with Crippen molar-refractivity contribution in [2.24, 2.45) is 23.7 Å². The van der Waals surface area contributed by atoms with Gasteiger partial charge in [-0.15, -0.1) is 0 Å². The minimum absolute atomic E-state index is 0.0505. The van der Waals surface area contributed by atoms with Crippen molar-refractivity contribution in [3.63, 3.8) is 0 Å². The second-order valence-corrected chi connectivity index (χ2v) is 15.1. The largest absolute Gasteiger partial charge is 0.382 e. The summed E-state index contributed by atoms with van der Waals surface area (Å²) in [5.41, 5.74) is 3.86. The first-order valence-electron chi connectivity index (χ1n) is 19.4. The lowest BCUT2D eigenvalue weighted by Crippen LogP contribution is -2.54. The maximum Gasteiger partial charge on any atom is 0.264 e. The van der Waals surface area contributed by atoms with Crippen molar-refractivity contribution in [1.29, 1.82) is 0 Å². The molecule has 2 aliphatic carbocycles. The lowest BCUT2D eigenvalue weighted by atomic mass is 9.85. The lowest BCUT2D eigenvalue weighted by Gasteiger charge is -2.27. The number of fused-ring (bicyclic) bond motifs is 7. The van der Waals surface area contributed by atoms with Crippen molar-refractivity contribution in [2.75, 3.05) is 41.8 Å². The van der Waals surface area contributed by atoms with Gasteiger partial charge in [-0.2, -0.15) is 0 Å². The summed E-state index contributed by atoms with van der Waals surface area (Å²) in [4.78, 5) is 97.0. The van der Waals surface area contributed by atoms with E-state index in [1.54, 1.807) is 54.7 Å². The van der Waals surface area contributed by atoms with Crippen molar-refractivity contribution in [2.45, 2.75) is 31.8 Å². The number of nitrogens with one attached hydrogen (secondary N) is 4. The van der Waals surface area contributed by atoms with Gasteiger partial charge in [0, 0.05) is 48.9 Å². The van der Waals surface area contributed by atoms with Crippen LogP contribution in [0.1, 0.15) is 55.9 Å². The fourth-order valence-corrected chi connectivity index (χ4v) is 8.99. The Morgan fingerprint density at radius 2 is 1.55 bits per heavy atom. The minimum Gasteiger partial charge on any atom is -0.382 e. The molecule has 3 aliphatic heterocycles. The van der Waals surface area contributed by atoms with Crippen LogP contribution < -0.4 is 26.2 Å². The Hall–Kier alpha value is -6.58. The number of hydrogen-bond donors (Lipinski definition) is 4. The lowest BCUT2D eigenvalue weighted by molar-refractivity contribution is -0.136. The van der Waals surface area contributed by atoms with Gasteiger partial charge >= 0.3 is 0 Å². The van der Waals surface area contributed by atoms with Crippen LogP contribution in [-0.2, 0) is 30.5 Å². The number of amides is 7. The summed E-state index contributed by atoms with van der Waals surface area (Å²) in [6.45, 7) is 2.14. The van der Waals surface area contributed by atoms with Crippen LogP contribution in [0.3, 0.4) is 0 Å². The number of hydrogen-bond acceptors (Lipinski definition) is 11. The Kier molecular flexibility index (Phi) is 9.61. The molecule has 294 valence electrons.